The van der Waals surface area contributed by atoms with Gasteiger partial charge in [-0.3, -0.25) is 0 Å². The lowest BCUT2D eigenvalue weighted by Crippen LogP contribution is -2.43. The fraction of sp³-hybridized carbons (Fsp3) is 0.593. The van der Waals surface area contributed by atoms with Gasteiger partial charge in [0.15, 0.2) is 0 Å². The molecule has 1 saturated heterocycles. The molecule has 0 radical (unpaired) electrons. The van der Waals surface area contributed by atoms with Crippen LogP contribution in [0.1, 0.15) is 69.5 Å². The van der Waals surface area contributed by atoms with Gasteiger partial charge in [0.25, 0.3) is 0 Å². The van der Waals surface area contributed by atoms with Gasteiger partial charge >= 0.3 is 6.09 Å². The van der Waals surface area contributed by atoms with Crippen molar-refractivity contribution >= 4 is 29.5 Å². The number of amides is 1. The fourth-order valence-electron chi connectivity index (χ4n) is 5.25. The first kappa shape index (κ1) is 27.0. The van der Waals surface area contributed by atoms with Gasteiger partial charge in [0, 0.05) is 24.4 Å². The number of benzene rings is 1. The van der Waals surface area contributed by atoms with Crippen LogP contribution in [0.4, 0.5) is 10.5 Å². The lowest BCUT2D eigenvalue weighted by Gasteiger charge is -2.38. The van der Waals surface area contributed by atoms with Gasteiger partial charge in [-0.05, 0) is 67.7 Å². The third-order valence-corrected chi connectivity index (χ3v) is 8.49. The summed E-state index contributed by atoms with van der Waals surface area (Å²) >= 11 is 1.67. The van der Waals surface area contributed by atoms with Crippen molar-refractivity contribution in [3.8, 4) is 5.75 Å². The molecule has 1 saturated carbocycles. The average Bonchev–Trinajstić information content (AvgIpc) is 3.37. The summed E-state index contributed by atoms with van der Waals surface area (Å²) in [6.45, 7) is 8.58. The topological polar surface area (TPSA) is 115 Å². The first-order valence-corrected chi connectivity index (χ1v) is 14.1. The molecular weight excluding hydrogens is 488 g/mol. The summed E-state index contributed by atoms with van der Waals surface area (Å²) in [5, 5.41) is 9.81. The maximum atomic E-state index is 12.9. The summed E-state index contributed by atoms with van der Waals surface area (Å²) in [5.41, 5.74) is 1.65. The highest BCUT2D eigenvalue weighted by Gasteiger charge is 2.35. The minimum Gasteiger partial charge on any atom is -0.487 e. The van der Waals surface area contributed by atoms with E-state index in [-0.39, 0.29) is 12.2 Å². The molecule has 4 rings (SSSR count). The summed E-state index contributed by atoms with van der Waals surface area (Å²) < 4.78 is 11.9. The van der Waals surface area contributed by atoms with Gasteiger partial charge in [-0.2, -0.15) is 0 Å². The van der Waals surface area contributed by atoms with Crippen LogP contribution >= 0.6 is 11.3 Å². The smallest absolute Gasteiger partial charge is 0.410 e. The van der Waals surface area contributed by atoms with E-state index in [1.54, 1.807) is 11.3 Å². The number of ether oxygens (including phenoxy) is 2. The number of nitrogens with two attached hydrogens (primary N) is 1. The molecule has 9 nitrogen and oxygen atoms in total. The van der Waals surface area contributed by atoms with E-state index in [0.717, 1.165) is 47.8 Å². The molecule has 1 aliphatic heterocycles. The quantitative estimate of drug-likeness (QED) is 0.139. The molecule has 0 bridgehead atoms. The molecule has 1 aliphatic carbocycles. The highest BCUT2D eigenvalue weighted by molar-refractivity contribution is 7.09. The van der Waals surface area contributed by atoms with Crippen LogP contribution in [0.5, 0.6) is 5.75 Å². The van der Waals surface area contributed by atoms with E-state index in [1.165, 1.54) is 12.8 Å². The van der Waals surface area contributed by atoms with Gasteiger partial charge in [0.2, 0.25) is 0 Å². The van der Waals surface area contributed by atoms with Gasteiger partial charge in [-0.1, -0.05) is 32.4 Å². The van der Waals surface area contributed by atoms with Crippen molar-refractivity contribution in [2.24, 2.45) is 38.9 Å². The second-order valence-corrected chi connectivity index (χ2v) is 11.3. The number of nitrogens with zero attached hydrogens (tertiary/aromatic N) is 5. The summed E-state index contributed by atoms with van der Waals surface area (Å²) in [4.78, 5) is 23.8. The minimum atomic E-state index is -0.142. The number of hydrogen-bond acceptors (Lipinski definition) is 7. The van der Waals surface area contributed by atoms with Crippen LogP contribution in [-0.2, 0) is 11.3 Å². The highest BCUT2D eigenvalue weighted by Crippen LogP contribution is 2.36. The van der Waals surface area contributed by atoms with E-state index in [9.17, 15) is 4.79 Å². The van der Waals surface area contributed by atoms with Crippen molar-refractivity contribution < 1.29 is 14.3 Å². The van der Waals surface area contributed by atoms with Gasteiger partial charge in [-0.25, -0.2) is 14.8 Å². The molecule has 10 heteroatoms. The van der Waals surface area contributed by atoms with Crippen LogP contribution in [-0.4, -0.2) is 41.5 Å². The summed E-state index contributed by atoms with van der Waals surface area (Å²) in [5.74, 6) is 7.68. The van der Waals surface area contributed by atoms with Crippen LogP contribution in [0.15, 0.2) is 45.0 Å². The number of aromatic nitrogens is 1. The van der Waals surface area contributed by atoms with E-state index < -0.39 is 0 Å². The maximum absolute atomic E-state index is 12.9. The zero-order valence-electron chi connectivity index (χ0n) is 22.0. The van der Waals surface area contributed by atoms with Crippen molar-refractivity contribution in [3.05, 3.63) is 40.3 Å². The number of piperidine rings is 1. The highest BCUT2D eigenvalue weighted by atomic mass is 32.1. The fourth-order valence-corrected chi connectivity index (χ4v) is 6.22. The first-order chi connectivity index (χ1) is 17.9. The van der Waals surface area contributed by atoms with Crippen LogP contribution in [0.25, 0.3) is 0 Å². The van der Waals surface area contributed by atoms with Crippen LogP contribution in [0.2, 0.25) is 0 Å². The Balaban J connectivity index is 1.23. The zero-order chi connectivity index (χ0) is 26.2. The Labute approximate surface area is 223 Å². The second-order valence-electron chi connectivity index (χ2n) is 10.4. The number of rotatable bonds is 8. The van der Waals surface area contributed by atoms with E-state index in [0.29, 0.717) is 43.4 Å². The van der Waals surface area contributed by atoms with E-state index >= 15 is 0 Å². The molecule has 2 N–H and O–H groups in total. The standard InChI is InChI=1S/C27H38N6O3S/c1-18(2)24-9-4-19(3)14-25(24)36-27(34)33-12-10-20(11-13-33)26-31-22(16-37-26)15-35-23-7-5-21(6-8-23)29-17-30-32-28/h5-8,16-20,24-25H,4,9-15H2,1-3H3,(H2,28,29,30)/t19-,24+,25-/m1/s1. The molecule has 1 aromatic heterocycles. The van der Waals surface area contributed by atoms with Crippen LogP contribution in [0, 0.1) is 17.8 Å². The molecule has 37 heavy (non-hydrogen) atoms. The first-order valence-electron chi connectivity index (χ1n) is 13.2. The van der Waals surface area contributed by atoms with E-state index in [1.807, 2.05) is 29.2 Å². The molecule has 3 atom stereocenters. The minimum absolute atomic E-state index is 0.0436. The van der Waals surface area contributed by atoms with E-state index in [2.05, 4.69) is 41.5 Å². The Bertz CT molecular complexity index is 1060. The summed E-state index contributed by atoms with van der Waals surface area (Å²) in [6.07, 6.45) is 6.37. The molecule has 200 valence electrons. The SMILES string of the molecule is CC(C)[C@@H]1CC[C@@H](C)C[C@H]1OC(=O)N1CCC(c2nc(COc3ccc(N=CN=NN)cc3)cs2)CC1. The van der Waals surface area contributed by atoms with Gasteiger partial charge < -0.3 is 20.2 Å². The molecule has 2 heterocycles. The molecule has 2 aliphatic rings. The Morgan fingerprint density at radius 1 is 1.22 bits per heavy atom. The predicted molar refractivity (Wildman–Crippen MR) is 145 cm³/mol. The third-order valence-electron chi connectivity index (χ3n) is 7.43. The normalized spacial score (nSPS) is 23.2. The van der Waals surface area contributed by atoms with Crippen molar-refractivity contribution in [2.75, 3.05) is 13.1 Å². The van der Waals surface area contributed by atoms with Gasteiger partial charge in [-0.15, -0.1) is 16.5 Å². The number of carbonyl (C=O) groups excluding carboxylic acids is 1. The van der Waals surface area contributed by atoms with Crippen LogP contribution < -0.4 is 10.6 Å². The molecule has 0 spiro atoms. The Morgan fingerprint density at radius 2 is 1.97 bits per heavy atom. The lowest BCUT2D eigenvalue weighted by molar-refractivity contribution is -0.0127. The monoisotopic (exact) mass is 526 g/mol. The molecule has 0 unspecified atom stereocenters. The van der Waals surface area contributed by atoms with Crippen molar-refractivity contribution in [2.45, 2.75) is 71.5 Å². The Hall–Kier alpha value is -3.01. The largest absolute Gasteiger partial charge is 0.487 e. The molecular formula is C27H38N6O3S. The van der Waals surface area contributed by atoms with Crippen molar-refractivity contribution in [1.82, 2.24) is 9.88 Å². The van der Waals surface area contributed by atoms with Gasteiger partial charge in [0.1, 0.15) is 24.8 Å². The number of aliphatic imine (C=N–C) groups is 1. The van der Waals surface area contributed by atoms with Crippen molar-refractivity contribution in [1.29, 1.82) is 0 Å². The lowest BCUT2D eigenvalue weighted by atomic mass is 9.75. The average molecular weight is 527 g/mol. The second kappa shape index (κ2) is 13.0. The molecule has 2 aromatic rings. The third kappa shape index (κ3) is 7.50. The number of carbonyl (C=O) groups is 1. The van der Waals surface area contributed by atoms with Crippen LogP contribution in [0.3, 0.4) is 0 Å². The Morgan fingerprint density at radius 3 is 2.68 bits per heavy atom. The maximum Gasteiger partial charge on any atom is 0.410 e. The Kier molecular flexibility index (Phi) is 9.49. The molecule has 1 amide bonds. The number of hydrogen-bond donors (Lipinski definition) is 1. The number of likely N-dealkylation sites (tertiary alicyclic amines) is 1. The zero-order valence-corrected chi connectivity index (χ0v) is 22.8. The number of thiazole rings is 1. The van der Waals surface area contributed by atoms with Crippen molar-refractivity contribution in [3.63, 3.8) is 0 Å². The molecule has 1 aromatic carbocycles. The predicted octanol–water partition coefficient (Wildman–Crippen LogP) is 6.48. The van der Waals surface area contributed by atoms with E-state index in [4.69, 9.17) is 20.3 Å². The summed E-state index contributed by atoms with van der Waals surface area (Å²) in [7, 11) is 0. The van der Waals surface area contributed by atoms with Gasteiger partial charge in [0.05, 0.1) is 16.4 Å². The summed E-state index contributed by atoms with van der Waals surface area (Å²) in [6, 6.07) is 7.37. The molecule has 2 fully saturated rings.